The fourth-order valence-electron chi connectivity index (χ4n) is 5.68. The summed E-state index contributed by atoms with van der Waals surface area (Å²) in [6.45, 7) is 19.6. The zero-order valence-corrected chi connectivity index (χ0v) is 27.8. The Labute approximate surface area is 272 Å². The molecule has 2 heterocycles. The Morgan fingerprint density at radius 2 is 1.04 bits per heavy atom. The van der Waals surface area contributed by atoms with Crippen molar-refractivity contribution in [1.82, 2.24) is 14.8 Å². The van der Waals surface area contributed by atoms with Gasteiger partial charge in [0, 0.05) is 63.2 Å². The fourth-order valence-corrected chi connectivity index (χ4v) is 5.68. The van der Waals surface area contributed by atoms with Gasteiger partial charge >= 0.3 is 11.9 Å². The number of aryl methyl sites for hydroxylation is 4. The number of aliphatic carboxylic acids is 2. The molecule has 1 saturated heterocycles. The average Bonchev–Trinajstić information content (AvgIpc) is 3.03. The van der Waals surface area contributed by atoms with Gasteiger partial charge in [-0.25, -0.2) is 9.59 Å². The Hall–Kier alpha value is -4.59. The lowest BCUT2D eigenvalue weighted by molar-refractivity contribution is -0.134. The van der Waals surface area contributed by atoms with Crippen molar-refractivity contribution in [3.05, 3.63) is 124 Å². The van der Waals surface area contributed by atoms with Crippen LogP contribution in [0.5, 0.6) is 0 Å². The van der Waals surface area contributed by atoms with E-state index in [4.69, 9.17) is 10.2 Å². The van der Waals surface area contributed by atoms with E-state index in [-0.39, 0.29) is 0 Å². The molecular formula is C39H45N3O4. The third-order valence-electron chi connectivity index (χ3n) is 8.91. The van der Waals surface area contributed by atoms with Gasteiger partial charge in [0.2, 0.25) is 0 Å². The lowest BCUT2D eigenvalue weighted by atomic mass is 9.96. The summed E-state index contributed by atoms with van der Waals surface area (Å²) in [6, 6.07) is 22.8. The minimum atomic E-state index is -1.26. The van der Waals surface area contributed by atoms with Crippen LogP contribution >= 0.6 is 0 Å². The molecule has 1 aromatic heterocycles. The molecular weight excluding hydrogens is 574 g/mol. The van der Waals surface area contributed by atoms with Gasteiger partial charge in [-0.15, -0.1) is 0 Å². The number of carbonyl (C=O) groups is 2. The Bertz CT molecular complexity index is 1660. The minimum Gasteiger partial charge on any atom is -0.478 e. The molecule has 0 spiro atoms. The topological polar surface area (TPSA) is 94.0 Å². The molecule has 5 rings (SSSR count). The molecule has 0 bridgehead atoms. The molecule has 2 N–H and O–H groups in total. The van der Waals surface area contributed by atoms with E-state index in [1.165, 1.54) is 61.2 Å². The summed E-state index contributed by atoms with van der Waals surface area (Å²) < 4.78 is 0. The number of hydrogen-bond acceptors (Lipinski definition) is 5. The van der Waals surface area contributed by atoms with Crippen LogP contribution in [0.15, 0.2) is 79.0 Å². The third-order valence-corrected chi connectivity index (χ3v) is 8.91. The van der Waals surface area contributed by atoms with Gasteiger partial charge in [0.25, 0.3) is 0 Å². The monoisotopic (exact) mass is 619 g/mol. The zero-order chi connectivity index (χ0) is 33.4. The summed E-state index contributed by atoms with van der Waals surface area (Å²) in [4.78, 5) is 29.0. The maximum absolute atomic E-state index is 9.55. The fraction of sp³-hybridized carbons (Fsp3) is 0.308. The van der Waals surface area contributed by atoms with E-state index in [2.05, 4.69) is 117 Å². The van der Waals surface area contributed by atoms with Crippen molar-refractivity contribution >= 4 is 11.9 Å². The van der Waals surface area contributed by atoms with Crippen LogP contribution in [0, 0.1) is 41.5 Å². The molecule has 240 valence electrons. The van der Waals surface area contributed by atoms with Crippen LogP contribution in [0.2, 0.25) is 0 Å². The highest BCUT2D eigenvalue weighted by Gasteiger charge is 2.18. The SMILES string of the molecule is Cc1cc(-c2ccc(CN3CCN(Cc4ccnc(-c5cc(C)c(C)c(C)c5)c4)CC3)cc2)cc(C)c1C.O=C(O)/C=C\C(=O)O. The van der Waals surface area contributed by atoms with Crippen molar-refractivity contribution < 1.29 is 19.8 Å². The lowest BCUT2D eigenvalue weighted by Crippen LogP contribution is -2.45. The average molecular weight is 620 g/mol. The van der Waals surface area contributed by atoms with Gasteiger partial charge in [-0.2, -0.15) is 0 Å². The van der Waals surface area contributed by atoms with E-state index in [0.29, 0.717) is 12.2 Å². The van der Waals surface area contributed by atoms with Gasteiger partial charge in [0.05, 0.1) is 5.69 Å². The minimum absolute atomic E-state index is 0.558. The highest BCUT2D eigenvalue weighted by molar-refractivity contribution is 5.89. The number of hydrogen-bond donors (Lipinski definition) is 2. The summed E-state index contributed by atoms with van der Waals surface area (Å²) in [5.74, 6) is -2.51. The molecule has 0 aliphatic carbocycles. The lowest BCUT2D eigenvalue weighted by Gasteiger charge is -2.34. The first-order chi connectivity index (χ1) is 21.9. The molecule has 0 atom stereocenters. The van der Waals surface area contributed by atoms with Crippen molar-refractivity contribution in [3.63, 3.8) is 0 Å². The maximum atomic E-state index is 9.55. The number of aromatic nitrogens is 1. The summed E-state index contributed by atoms with van der Waals surface area (Å²) in [5, 5.41) is 15.6. The molecule has 3 aromatic carbocycles. The quantitative estimate of drug-likeness (QED) is 0.200. The van der Waals surface area contributed by atoms with Crippen LogP contribution in [0.3, 0.4) is 0 Å². The normalized spacial score (nSPS) is 13.8. The molecule has 0 amide bonds. The van der Waals surface area contributed by atoms with Crippen LogP contribution in [0.1, 0.15) is 44.5 Å². The predicted molar refractivity (Wildman–Crippen MR) is 185 cm³/mol. The molecule has 1 aliphatic heterocycles. The van der Waals surface area contributed by atoms with Gasteiger partial charge in [-0.3, -0.25) is 14.8 Å². The first-order valence-electron chi connectivity index (χ1n) is 15.7. The van der Waals surface area contributed by atoms with E-state index < -0.39 is 11.9 Å². The number of carboxylic acids is 2. The molecule has 7 heteroatoms. The molecule has 4 aromatic rings. The molecule has 1 aliphatic rings. The van der Waals surface area contributed by atoms with Crippen LogP contribution in [0.25, 0.3) is 22.4 Å². The molecule has 1 fully saturated rings. The Kier molecular flexibility index (Phi) is 11.6. The van der Waals surface area contributed by atoms with Crippen LogP contribution < -0.4 is 0 Å². The summed E-state index contributed by atoms with van der Waals surface area (Å²) >= 11 is 0. The van der Waals surface area contributed by atoms with E-state index in [0.717, 1.165) is 45.0 Å². The number of piperazine rings is 1. The Morgan fingerprint density at radius 3 is 1.50 bits per heavy atom. The number of pyridine rings is 1. The van der Waals surface area contributed by atoms with E-state index in [9.17, 15) is 9.59 Å². The largest absolute Gasteiger partial charge is 0.478 e. The van der Waals surface area contributed by atoms with Gasteiger partial charge in [-0.05, 0) is 121 Å². The van der Waals surface area contributed by atoms with Gasteiger partial charge in [0.15, 0.2) is 0 Å². The van der Waals surface area contributed by atoms with Crippen LogP contribution in [-0.4, -0.2) is 63.1 Å². The molecule has 0 radical (unpaired) electrons. The highest BCUT2D eigenvalue weighted by Crippen LogP contribution is 2.27. The second-order valence-electron chi connectivity index (χ2n) is 12.3. The van der Waals surface area contributed by atoms with Gasteiger partial charge < -0.3 is 10.2 Å². The third kappa shape index (κ3) is 9.46. The van der Waals surface area contributed by atoms with Gasteiger partial charge in [0.1, 0.15) is 0 Å². The first kappa shape index (κ1) is 34.3. The highest BCUT2D eigenvalue weighted by atomic mass is 16.4. The summed E-state index contributed by atoms with van der Waals surface area (Å²) in [6.07, 6.45) is 3.08. The standard InChI is InChI=1S/C35H41N3.C4H4O4/c1-24-17-33(18-25(2)28(24)5)32-9-7-30(8-10-32)22-37-13-15-38(16-14-37)23-31-11-12-36-35(21-31)34-19-26(3)29(6)27(4)20-34;5-3(6)1-2-4(7)8/h7-12,17-21H,13-16,22-23H2,1-6H3;1-2H,(H,5,6)(H,7,8)/b;2-1-. The maximum Gasteiger partial charge on any atom is 0.328 e. The van der Waals surface area contributed by atoms with E-state index in [1.54, 1.807) is 0 Å². The summed E-state index contributed by atoms with van der Waals surface area (Å²) in [7, 11) is 0. The van der Waals surface area contributed by atoms with Gasteiger partial charge in [-0.1, -0.05) is 36.4 Å². The number of carboxylic acid groups (broad SMARTS) is 2. The Morgan fingerprint density at radius 1 is 0.609 bits per heavy atom. The number of benzene rings is 3. The van der Waals surface area contributed by atoms with Crippen LogP contribution in [0.4, 0.5) is 0 Å². The van der Waals surface area contributed by atoms with E-state index >= 15 is 0 Å². The van der Waals surface area contributed by atoms with Crippen molar-refractivity contribution in [3.8, 4) is 22.4 Å². The molecule has 0 saturated carbocycles. The molecule has 7 nitrogen and oxygen atoms in total. The number of rotatable bonds is 8. The van der Waals surface area contributed by atoms with Crippen LogP contribution in [-0.2, 0) is 22.7 Å². The number of nitrogens with zero attached hydrogens (tertiary/aromatic N) is 3. The second-order valence-corrected chi connectivity index (χ2v) is 12.3. The summed E-state index contributed by atoms with van der Waals surface area (Å²) in [5.41, 5.74) is 15.8. The Balaban J connectivity index is 0.000000533. The predicted octanol–water partition coefficient (Wildman–Crippen LogP) is 7.30. The molecule has 46 heavy (non-hydrogen) atoms. The molecule has 0 unspecified atom stereocenters. The first-order valence-corrected chi connectivity index (χ1v) is 15.7. The smallest absolute Gasteiger partial charge is 0.328 e. The van der Waals surface area contributed by atoms with Crippen molar-refractivity contribution in [2.45, 2.75) is 54.6 Å². The zero-order valence-electron chi connectivity index (χ0n) is 27.8. The van der Waals surface area contributed by atoms with E-state index in [1.807, 2.05) is 6.20 Å². The van der Waals surface area contributed by atoms with Crippen molar-refractivity contribution in [2.75, 3.05) is 26.2 Å². The van der Waals surface area contributed by atoms with Crippen molar-refractivity contribution in [1.29, 1.82) is 0 Å². The second kappa shape index (κ2) is 15.6. The van der Waals surface area contributed by atoms with Crippen molar-refractivity contribution in [2.24, 2.45) is 0 Å².